The molecule has 1 aliphatic rings. The lowest BCUT2D eigenvalue weighted by molar-refractivity contribution is -0.131. The Labute approximate surface area is 221 Å². The topological polar surface area (TPSA) is 84.9 Å². The molecule has 202 valence electrons. The molecule has 1 aromatic heterocycles. The van der Waals surface area contributed by atoms with Gasteiger partial charge in [0.05, 0.1) is 25.3 Å². The van der Waals surface area contributed by atoms with Crippen LogP contribution in [0.25, 0.3) is 0 Å². The molecule has 8 nitrogen and oxygen atoms in total. The van der Waals surface area contributed by atoms with Gasteiger partial charge < -0.3 is 19.3 Å². The molecule has 2 amide bonds. The number of fused-ring (bicyclic) bond motifs is 1. The Kier molecular flexibility index (Phi) is 10.7. The van der Waals surface area contributed by atoms with Gasteiger partial charge in [0.1, 0.15) is 0 Å². The quantitative estimate of drug-likeness (QED) is 0.515. The summed E-state index contributed by atoms with van der Waals surface area (Å²) in [5.41, 5.74) is 3.25. The van der Waals surface area contributed by atoms with Gasteiger partial charge in [-0.3, -0.25) is 9.59 Å². The molecule has 0 atom stereocenters. The Bertz CT molecular complexity index is 1060. The van der Waals surface area contributed by atoms with Crippen LogP contribution in [0.4, 0.5) is 5.69 Å². The Morgan fingerprint density at radius 1 is 0.946 bits per heavy atom. The molecule has 1 aromatic carbocycles. The molecule has 0 saturated heterocycles. The third-order valence-electron chi connectivity index (χ3n) is 6.60. The summed E-state index contributed by atoms with van der Waals surface area (Å²) in [6, 6.07) is 8.23. The molecule has 0 radical (unpaired) electrons. The van der Waals surface area contributed by atoms with E-state index < -0.39 is 0 Å². The normalized spacial score (nSPS) is 15.0. The largest absolute Gasteiger partial charge is 0.478 e. The number of carbonyl (C=O) groups is 2. The summed E-state index contributed by atoms with van der Waals surface area (Å²) in [5, 5.41) is 0. The van der Waals surface area contributed by atoms with Gasteiger partial charge in [-0.1, -0.05) is 51.3 Å². The minimum atomic E-state index is -0.0988. The van der Waals surface area contributed by atoms with E-state index in [1.54, 1.807) is 0 Å². The number of hydrogen-bond donors (Lipinski definition) is 0. The third-order valence-corrected chi connectivity index (χ3v) is 6.60. The number of para-hydroxylation sites is 1. The lowest BCUT2D eigenvalue weighted by Crippen LogP contribution is -2.38. The summed E-state index contributed by atoms with van der Waals surface area (Å²) in [6.07, 6.45) is 5.28. The summed E-state index contributed by atoms with van der Waals surface area (Å²) in [6.45, 7) is 12.2. The fourth-order valence-electron chi connectivity index (χ4n) is 4.63. The maximum Gasteiger partial charge on any atom is 0.319 e. The Balaban J connectivity index is 1.93. The molecule has 1 aliphatic heterocycles. The van der Waals surface area contributed by atoms with Gasteiger partial charge in [-0.15, -0.1) is 0 Å². The van der Waals surface area contributed by atoms with Crippen LogP contribution in [0, 0.1) is 12.8 Å². The van der Waals surface area contributed by atoms with Crippen molar-refractivity contribution in [1.29, 1.82) is 0 Å². The molecule has 0 N–H and O–H groups in total. The number of benzene rings is 1. The number of amides is 2. The highest BCUT2D eigenvalue weighted by Gasteiger charge is 2.25. The van der Waals surface area contributed by atoms with Gasteiger partial charge >= 0.3 is 6.01 Å². The van der Waals surface area contributed by atoms with Crippen molar-refractivity contribution in [2.24, 2.45) is 5.92 Å². The highest BCUT2D eigenvalue weighted by Crippen LogP contribution is 2.27. The monoisotopic (exact) mass is 510 g/mol. The van der Waals surface area contributed by atoms with Gasteiger partial charge in [-0.25, -0.2) is 4.98 Å². The molecule has 0 unspecified atom stereocenters. The van der Waals surface area contributed by atoms with E-state index >= 15 is 0 Å². The highest BCUT2D eigenvalue weighted by molar-refractivity contribution is 5.95. The average molecular weight is 511 g/mol. The third kappa shape index (κ3) is 7.66. The van der Waals surface area contributed by atoms with Gasteiger partial charge in [0.2, 0.25) is 17.7 Å². The van der Waals surface area contributed by atoms with Crippen LogP contribution >= 0.6 is 0 Å². The van der Waals surface area contributed by atoms with Crippen molar-refractivity contribution in [3.05, 3.63) is 41.1 Å². The number of aromatic nitrogens is 2. The maximum absolute atomic E-state index is 13.7. The smallest absolute Gasteiger partial charge is 0.319 e. The zero-order chi connectivity index (χ0) is 26.8. The molecular formula is C29H42N4O4. The molecule has 0 saturated carbocycles. The van der Waals surface area contributed by atoms with Gasteiger partial charge in [-0.05, 0) is 45.2 Å². The van der Waals surface area contributed by atoms with Crippen molar-refractivity contribution < 1.29 is 19.1 Å². The van der Waals surface area contributed by atoms with E-state index in [0.717, 1.165) is 43.4 Å². The van der Waals surface area contributed by atoms with E-state index in [1.807, 2.05) is 68.7 Å². The van der Waals surface area contributed by atoms with Crippen LogP contribution in [0.5, 0.6) is 11.9 Å². The zero-order valence-corrected chi connectivity index (χ0v) is 23.1. The second-order valence-electron chi connectivity index (χ2n) is 9.77. The summed E-state index contributed by atoms with van der Waals surface area (Å²) in [7, 11) is 0. The van der Waals surface area contributed by atoms with Crippen molar-refractivity contribution in [3.8, 4) is 11.9 Å². The van der Waals surface area contributed by atoms with Crippen LogP contribution in [-0.2, 0) is 22.6 Å². The number of hydrogen-bond acceptors (Lipinski definition) is 6. The molecular weight excluding hydrogens is 468 g/mol. The zero-order valence-electron chi connectivity index (χ0n) is 23.1. The van der Waals surface area contributed by atoms with Gasteiger partial charge in [0, 0.05) is 36.8 Å². The minimum Gasteiger partial charge on any atom is -0.478 e. The number of ether oxygens (including phenoxy) is 2. The van der Waals surface area contributed by atoms with Crippen molar-refractivity contribution in [1.82, 2.24) is 14.9 Å². The van der Waals surface area contributed by atoms with E-state index in [4.69, 9.17) is 9.47 Å². The first-order chi connectivity index (χ1) is 17.8. The van der Waals surface area contributed by atoms with Crippen LogP contribution in [0.15, 0.2) is 24.3 Å². The van der Waals surface area contributed by atoms with Crippen molar-refractivity contribution in [3.63, 3.8) is 0 Å². The van der Waals surface area contributed by atoms with Gasteiger partial charge in [0.25, 0.3) is 0 Å². The van der Waals surface area contributed by atoms with E-state index in [-0.39, 0.29) is 30.2 Å². The van der Waals surface area contributed by atoms with E-state index in [9.17, 15) is 9.59 Å². The predicted molar refractivity (Wildman–Crippen MR) is 145 cm³/mol. The molecule has 0 aliphatic carbocycles. The molecule has 8 heteroatoms. The van der Waals surface area contributed by atoms with Crippen LogP contribution in [0.1, 0.15) is 76.6 Å². The van der Waals surface area contributed by atoms with E-state index in [1.165, 1.54) is 0 Å². The first-order valence-electron chi connectivity index (χ1n) is 13.7. The fraction of sp³-hybridized carbons (Fsp3) is 0.586. The second-order valence-corrected chi connectivity index (χ2v) is 9.77. The predicted octanol–water partition coefficient (Wildman–Crippen LogP) is 5.11. The van der Waals surface area contributed by atoms with Crippen molar-refractivity contribution >= 4 is 17.5 Å². The Morgan fingerprint density at radius 3 is 2.32 bits per heavy atom. The fourth-order valence-corrected chi connectivity index (χ4v) is 4.63. The van der Waals surface area contributed by atoms with Crippen LogP contribution in [0.2, 0.25) is 0 Å². The Hall–Kier alpha value is -3.16. The highest BCUT2D eigenvalue weighted by atomic mass is 16.5. The number of nitrogens with zero attached hydrogens (tertiary/aromatic N) is 4. The average Bonchev–Trinajstić information content (AvgIpc) is 2.86. The van der Waals surface area contributed by atoms with Crippen molar-refractivity contribution in [2.45, 2.75) is 79.7 Å². The van der Waals surface area contributed by atoms with Crippen LogP contribution in [0.3, 0.4) is 0 Å². The number of carbonyl (C=O) groups excluding carboxylic acids is 2. The molecule has 2 aromatic rings. The van der Waals surface area contributed by atoms with Gasteiger partial charge in [0.15, 0.2) is 0 Å². The van der Waals surface area contributed by atoms with E-state index in [2.05, 4.69) is 9.97 Å². The summed E-state index contributed by atoms with van der Waals surface area (Å²) in [4.78, 5) is 39.6. The van der Waals surface area contributed by atoms with Crippen LogP contribution < -0.4 is 14.4 Å². The standard InChI is InChI=1S/C29H42N4O4/c1-6-36-27-24(22(5)30-29(31-27)37-7-2)19-26(34)32-17-13-9-8-10-14-18-33(28(35)21(3)4)25-16-12-11-15-23(25)20-32/h11-12,15-16,21H,6-10,13-14,17-20H2,1-5H3. The molecule has 0 fully saturated rings. The Morgan fingerprint density at radius 2 is 1.62 bits per heavy atom. The lowest BCUT2D eigenvalue weighted by atomic mass is 10.0. The van der Waals surface area contributed by atoms with Gasteiger partial charge in [-0.2, -0.15) is 4.98 Å². The maximum atomic E-state index is 13.7. The summed E-state index contributed by atoms with van der Waals surface area (Å²) >= 11 is 0. The van der Waals surface area contributed by atoms with E-state index in [0.29, 0.717) is 50.0 Å². The number of aryl methyl sites for hydroxylation is 1. The minimum absolute atomic E-state index is 0.00888. The first-order valence-corrected chi connectivity index (χ1v) is 13.7. The molecule has 2 heterocycles. The number of anilines is 1. The second kappa shape index (κ2) is 14.0. The SMILES string of the molecule is CCOc1nc(C)c(CC(=O)N2CCCCCCCN(C(=O)C(C)C)c3ccccc3C2)c(OCC)n1. The first kappa shape index (κ1) is 28.4. The number of rotatable bonds is 7. The van der Waals surface area contributed by atoms with Crippen molar-refractivity contribution in [2.75, 3.05) is 31.2 Å². The van der Waals surface area contributed by atoms with Crippen LogP contribution in [-0.4, -0.2) is 53.0 Å². The molecule has 3 rings (SSSR count). The molecule has 37 heavy (non-hydrogen) atoms. The summed E-state index contributed by atoms with van der Waals surface area (Å²) < 4.78 is 11.3. The lowest BCUT2D eigenvalue weighted by Gasteiger charge is -2.30. The molecule has 0 bridgehead atoms. The molecule has 0 spiro atoms. The summed E-state index contributed by atoms with van der Waals surface area (Å²) in [5.74, 6) is 0.407.